The first-order valence-corrected chi connectivity index (χ1v) is 4.67. The van der Waals surface area contributed by atoms with Gasteiger partial charge in [0.1, 0.15) is 5.82 Å². The molecule has 1 nitrogen and oxygen atoms in total. The lowest BCUT2D eigenvalue weighted by atomic mass is 9.78. The van der Waals surface area contributed by atoms with Crippen LogP contribution in [-0.4, -0.2) is 11.2 Å². The van der Waals surface area contributed by atoms with Crippen molar-refractivity contribution < 1.29 is 9.50 Å². The van der Waals surface area contributed by atoms with Crippen LogP contribution in [0.3, 0.4) is 0 Å². The second-order valence-electron chi connectivity index (χ2n) is 3.49. The second-order valence-corrected chi connectivity index (χ2v) is 3.90. The SMILES string of the molecule is OC1CC(c2ccc(F)cc2Cl)C1. The molecule has 0 aliphatic heterocycles. The molecule has 2 rings (SSSR count). The van der Waals surface area contributed by atoms with Crippen LogP contribution in [0.25, 0.3) is 0 Å². The minimum absolute atomic E-state index is 0.203. The van der Waals surface area contributed by atoms with E-state index < -0.39 is 0 Å². The highest BCUT2D eigenvalue weighted by molar-refractivity contribution is 6.31. The fourth-order valence-electron chi connectivity index (χ4n) is 1.67. The minimum Gasteiger partial charge on any atom is -0.393 e. The summed E-state index contributed by atoms with van der Waals surface area (Å²) in [5.41, 5.74) is 0.952. The van der Waals surface area contributed by atoms with E-state index in [9.17, 15) is 4.39 Å². The van der Waals surface area contributed by atoms with Gasteiger partial charge in [-0.25, -0.2) is 4.39 Å². The lowest BCUT2D eigenvalue weighted by Crippen LogP contribution is -2.26. The summed E-state index contributed by atoms with van der Waals surface area (Å²) in [6.07, 6.45) is 1.28. The molecule has 0 aromatic heterocycles. The zero-order chi connectivity index (χ0) is 9.42. The van der Waals surface area contributed by atoms with Crippen molar-refractivity contribution in [2.75, 3.05) is 0 Å². The van der Waals surface area contributed by atoms with E-state index in [0.717, 1.165) is 18.4 Å². The first kappa shape index (κ1) is 8.97. The van der Waals surface area contributed by atoms with Crippen LogP contribution < -0.4 is 0 Å². The predicted octanol–water partition coefficient (Wildman–Crippen LogP) is 2.72. The van der Waals surface area contributed by atoms with Gasteiger partial charge in [0, 0.05) is 5.02 Å². The van der Waals surface area contributed by atoms with Crippen molar-refractivity contribution in [1.82, 2.24) is 0 Å². The molecule has 1 saturated carbocycles. The van der Waals surface area contributed by atoms with Crippen molar-refractivity contribution >= 4 is 11.6 Å². The summed E-state index contributed by atoms with van der Waals surface area (Å²) in [5.74, 6) is -0.00304. The lowest BCUT2D eigenvalue weighted by molar-refractivity contribution is 0.0747. The van der Waals surface area contributed by atoms with Gasteiger partial charge in [0.15, 0.2) is 0 Å². The fraction of sp³-hybridized carbons (Fsp3) is 0.400. The summed E-state index contributed by atoms with van der Waals surface area (Å²) in [4.78, 5) is 0. The van der Waals surface area contributed by atoms with Crippen molar-refractivity contribution in [2.45, 2.75) is 24.9 Å². The van der Waals surface area contributed by atoms with E-state index in [-0.39, 0.29) is 11.9 Å². The molecule has 1 aromatic rings. The Morgan fingerprint density at radius 2 is 2.08 bits per heavy atom. The van der Waals surface area contributed by atoms with E-state index in [2.05, 4.69) is 0 Å². The molecule has 1 aliphatic rings. The van der Waals surface area contributed by atoms with Crippen molar-refractivity contribution in [2.24, 2.45) is 0 Å². The van der Waals surface area contributed by atoms with Gasteiger partial charge in [-0.15, -0.1) is 0 Å². The first-order valence-electron chi connectivity index (χ1n) is 4.30. The number of halogens is 2. The maximum Gasteiger partial charge on any atom is 0.124 e. The molecule has 0 radical (unpaired) electrons. The first-order chi connectivity index (χ1) is 6.16. The monoisotopic (exact) mass is 200 g/mol. The molecule has 13 heavy (non-hydrogen) atoms. The van der Waals surface area contributed by atoms with E-state index in [4.69, 9.17) is 16.7 Å². The Labute approximate surface area is 81.1 Å². The molecule has 0 unspecified atom stereocenters. The van der Waals surface area contributed by atoms with Crippen LogP contribution in [0.2, 0.25) is 5.02 Å². The van der Waals surface area contributed by atoms with Crippen molar-refractivity contribution in [3.63, 3.8) is 0 Å². The van der Waals surface area contributed by atoms with Gasteiger partial charge in [0.2, 0.25) is 0 Å². The Morgan fingerprint density at radius 1 is 1.38 bits per heavy atom. The maximum absolute atomic E-state index is 12.7. The highest BCUT2D eigenvalue weighted by Crippen LogP contribution is 2.39. The highest BCUT2D eigenvalue weighted by Gasteiger charge is 2.29. The highest BCUT2D eigenvalue weighted by atomic mass is 35.5. The number of aliphatic hydroxyl groups is 1. The third-order valence-corrected chi connectivity index (χ3v) is 2.84. The molecule has 0 amide bonds. The van der Waals surface area contributed by atoms with Crippen LogP contribution in [0.15, 0.2) is 18.2 Å². The average molecular weight is 201 g/mol. The fourth-order valence-corrected chi connectivity index (χ4v) is 2.00. The Kier molecular flexibility index (Phi) is 2.26. The topological polar surface area (TPSA) is 20.2 Å². The van der Waals surface area contributed by atoms with Gasteiger partial charge >= 0.3 is 0 Å². The molecular weight excluding hydrogens is 191 g/mol. The molecule has 1 aliphatic carbocycles. The van der Waals surface area contributed by atoms with Gasteiger partial charge < -0.3 is 5.11 Å². The van der Waals surface area contributed by atoms with Gasteiger partial charge in [-0.1, -0.05) is 17.7 Å². The molecule has 0 heterocycles. The molecule has 1 N–H and O–H groups in total. The Morgan fingerprint density at radius 3 is 2.62 bits per heavy atom. The van der Waals surface area contributed by atoms with Gasteiger partial charge in [-0.2, -0.15) is 0 Å². The van der Waals surface area contributed by atoms with Crippen LogP contribution in [0.4, 0.5) is 4.39 Å². The second kappa shape index (κ2) is 3.28. The van der Waals surface area contributed by atoms with Gasteiger partial charge in [-0.05, 0) is 36.5 Å². The number of rotatable bonds is 1. The zero-order valence-corrected chi connectivity index (χ0v) is 7.76. The smallest absolute Gasteiger partial charge is 0.124 e. The lowest BCUT2D eigenvalue weighted by Gasteiger charge is -2.32. The number of aliphatic hydroxyl groups excluding tert-OH is 1. The van der Waals surface area contributed by atoms with E-state index in [0.29, 0.717) is 10.9 Å². The summed E-state index contributed by atoms with van der Waals surface area (Å²) in [6.45, 7) is 0. The number of benzene rings is 1. The molecule has 0 spiro atoms. The Hall–Kier alpha value is -0.600. The van der Waals surface area contributed by atoms with Crippen LogP contribution in [0.5, 0.6) is 0 Å². The van der Waals surface area contributed by atoms with E-state index >= 15 is 0 Å². The molecule has 1 fully saturated rings. The van der Waals surface area contributed by atoms with E-state index in [1.165, 1.54) is 12.1 Å². The summed E-state index contributed by atoms with van der Waals surface area (Å²) in [5, 5.41) is 9.58. The zero-order valence-electron chi connectivity index (χ0n) is 7.00. The van der Waals surface area contributed by atoms with Crippen LogP contribution >= 0.6 is 11.6 Å². The summed E-state index contributed by atoms with van der Waals surface area (Å²) < 4.78 is 12.7. The molecule has 0 bridgehead atoms. The van der Waals surface area contributed by atoms with Crippen LogP contribution in [-0.2, 0) is 0 Å². The summed E-state index contributed by atoms with van der Waals surface area (Å²) in [7, 11) is 0. The maximum atomic E-state index is 12.7. The normalized spacial score (nSPS) is 27.0. The van der Waals surface area contributed by atoms with Crippen LogP contribution in [0.1, 0.15) is 24.3 Å². The largest absolute Gasteiger partial charge is 0.393 e. The molecule has 70 valence electrons. The van der Waals surface area contributed by atoms with Crippen molar-refractivity contribution in [3.05, 3.63) is 34.6 Å². The molecule has 0 saturated heterocycles. The Bertz CT molecular complexity index is 321. The van der Waals surface area contributed by atoms with Gasteiger partial charge in [0.05, 0.1) is 6.10 Å². The summed E-state index contributed by atoms with van der Waals surface area (Å²) in [6, 6.07) is 4.43. The molecule has 0 atom stereocenters. The number of hydrogen-bond donors (Lipinski definition) is 1. The molecule has 1 aromatic carbocycles. The predicted molar refractivity (Wildman–Crippen MR) is 49.4 cm³/mol. The van der Waals surface area contributed by atoms with Gasteiger partial charge in [0.25, 0.3) is 0 Å². The van der Waals surface area contributed by atoms with Crippen LogP contribution in [0, 0.1) is 5.82 Å². The standard InChI is InChI=1S/C10H10ClFO/c11-10-5-7(12)1-2-9(10)6-3-8(13)4-6/h1-2,5-6,8,13H,3-4H2. The Balaban J connectivity index is 2.21. The number of hydrogen-bond acceptors (Lipinski definition) is 1. The third-order valence-electron chi connectivity index (χ3n) is 2.52. The van der Waals surface area contributed by atoms with Crippen molar-refractivity contribution in [1.29, 1.82) is 0 Å². The van der Waals surface area contributed by atoms with Crippen molar-refractivity contribution in [3.8, 4) is 0 Å². The summed E-state index contributed by atoms with van der Waals surface area (Å²) >= 11 is 5.86. The molecule has 3 heteroatoms. The molecular formula is C10H10ClFO. The third kappa shape index (κ3) is 1.69. The average Bonchev–Trinajstić information content (AvgIpc) is 2.00. The quantitative estimate of drug-likeness (QED) is 0.739. The van der Waals surface area contributed by atoms with E-state index in [1.54, 1.807) is 6.07 Å². The van der Waals surface area contributed by atoms with Gasteiger partial charge in [-0.3, -0.25) is 0 Å². The van der Waals surface area contributed by atoms with E-state index in [1.807, 2.05) is 0 Å². The minimum atomic E-state index is -0.311.